The zero-order valence-electron chi connectivity index (χ0n) is 16.6. The van der Waals surface area contributed by atoms with E-state index in [9.17, 15) is 13.2 Å². The Labute approximate surface area is 171 Å². The largest absolute Gasteiger partial charge is 0.493 e. The highest BCUT2D eigenvalue weighted by Crippen LogP contribution is 2.30. The van der Waals surface area contributed by atoms with E-state index in [2.05, 4.69) is 5.32 Å². The van der Waals surface area contributed by atoms with Crippen LogP contribution in [0.15, 0.2) is 48.5 Å². The lowest BCUT2D eigenvalue weighted by Crippen LogP contribution is -2.41. The molecule has 0 bridgehead atoms. The Hall–Kier alpha value is -2.58. The van der Waals surface area contributed by atoms with Crippen LogP contribution in [0.2, 0.25) is 0 Å². The molecule has 156 valence electrons. The number of amides is 1. The highest BCUT2D eigenvalue weighted by molar-refractivity contribution is 7.88. The van der Waals surface area contributed by atoms with Gasteiger partial charge in [0.15, 0.2) is 11.5 Å². The predicted octanol–water partition coefficient (Wildman–Crippen LogP) is 2.88. The van der Waals surface area contributed by atoms with Crippen LogP contribution in [0.25, 0.3) is 0 Å². The van der Waals surface area contributed by atoms with Crippen molar-refractivity contribution in [3.63, 3.8) is 0 Å². The summed E-state index contributed by atoms with van der Waals surface area (Å²) >= 11 is 0. The summed E-state index contributed by atoms with van der Waals surface area (Å²) in [4.78, 5) is 12.6. The SMILES string of the molecule is COc1ccc(NC(=O)C2CCN(S(=O)(=O)Cc3ccccc3)CC2)cc1OC. The molecule has 1 N–H and O–H groups in total. The van der Waals surface area contributed by atoms with Gasteiger partial charge < -0.3 is 14.8 Å². The molecule has 1 heterocycles. The lowest BCUT2D eigenvalue weighted by molar-refractivity contribution is -0.120. The van der Waals surface area contributed by atoms with Crippen molar-refractivity contribution in [1.82, 2.24) is 4.31 Å². The van der Waals surface area contributed by atoms with Gasteiger partial charge in [0.2, 0.25) is 15.9 Å². The fourth-order valence-corrected chi connectivity index (χ4v) is 4.99. The molecule has 0 unspecified atom stereocenters. The van der Waals surface area contributed by atoms with Gasteiger partial charge in [-0.2, -0.15) is 0 Å². The third-order valence-electron chi connectivity index (χ3n) is 5.06. The van der Waals surface area contributed by atoms with E-state index < -0.39 is 10.0 Å². The van der Waals surface area contributed by atoms with Crippen LogP contribution in [0.5, 0.6) is 11.5 Å². The van der Waals surface area contributed by atoms with E-state index in [1.165, 1.54) is 11.4 Å². The molecular formula is C21H26N2O5S. The maximum absolute atomic E-state index is 12.7. The second kappa shape index (κ2) is 9.28. The molecule has 2 aromatic carbocycles. The molecule has 0 radical (unpaired) electrons. The van der Waals surface area contributed by atoms with Crippen LogP contribution in [0.1, 0.15) is 18.4 Å². The minimum Gasteiger partial charge on any atom is -0.493 e. The van der Waals surface area contributed by atoms with E-state index in [-0.39, 0.29) is 17.6 Å². The number of sulfonamides is 1. The van der Waals surface area contributed by atoms with Crippen molar-refractivity contribution in [1.29, 1.82) is 0 Å². The second-order valence-corrected chi connectivity index (χ2v) is 8.94. The van der Waals surface area contributed by atoms with Gasteiger partial charge in [-0.1, -0.05) is 30.3 Å². The Morgan fingerprint density at radius 1 is 1.03 bits per heavy atom. The molecule has 0 atom stereocenters. The minimum atomic E-state index is -3.39. The summed E-state index contributed by atoms with van der Waals surface area (Å²) in [6, 6.07) is 14.3. The van der Waals surface area contributed by atoms with Crippen LogP contribution < -0.4 is 14.8 Å². The molecule has 29 heavy (non-hydrogen) atoms. The molecule has 1 saturated heterocycles. The number of nitrogens with zero attached hydrogens (tertiary/aromatic N) is 1. The fourth-order valence-electron chi connectivity index (χ4n) is 3.43. The van der Waals surface area contributed by atoms with Gasteiger partial charge in [-0.3, -0.25) is 4.79 Å². The average Bonchev–Trinajstić information content (AvgIpc) is 2.74. The maximum Gasteiger partial charge on any atom is 0.227 e. The molecule has 1 fully saturated rings. The van der Waals surface area contributed by atoms with Gasteiger partial charge in [-0.25, -0.2) is 12.7 Å². The van der Waals surface area contributed by atoms with Gasteiger partial charge in [0.05, 0.1) is 20.0 Å². The van der Waals surface area contributed by atoms with Crippen LogP contribution in [0.4, 0.5) is 5.69 Å². The topological polar surface area (TPSA) is 84.9 Å². The number of nitrogens with one attached hydrogen (secondary N) is 1. The smallest absolute Gasteiger partial charge is 0.227 e. The Kier molecular flexibility index (Phi) is 6.76. The zero-order valence-corrected chi connectivity index (χ0v) is 17.4. The average molecular weight is 419 g/mol. The highest BCUT2D eigenvalue weighted by atomic mass is 32.2. The molecule has 2 aromatic rings. The Balaban J connectivity index is 1.57. The van der Waals surface area contributed by atoms with Crippen LogP contribution in [-0.2, 0) is 20.6 Å². The van der Waals surface area contributed by atoms with Gasteiger partial charge >= 0.3 is 0 Å². The Bertz CT molecular complexity index is 939. The normalized spacial score (nSPS) is 15.7. The van der Waals surface area contributed by atoms with Crippen molar-refractivity contribution >= 4 is 21.6 Å². The summed E-state index contributed by atoms with van der Waals surface area (Å²) in [5, 5.41) is 2.89. The standard InChI is InChI=1S/C21H26N2O5S/c1-27-19-9-8-18(14-20(19)28-2)22-21(24)17-10-12-23(13-11-17)29(25,26)15-16-6-4-3-5-7-16/h3-9,14,17H,10-13,15H2,1-2H3,(H,22,24). The van der Waals surface area contributed by atoms with Crippen molar-refractivity contribution in [2.24, 2.45) is 5.92 Å². The number of rotatable bonds is 7. The molecule has 1 aliphatic rings. The van der Waals surface area contributed by atoms with E-state index >= 15 is 0 Å². The molecule has 1 amide bonds. The minimum absolute atomic E-state index is 0.0175. The highest BCUT2D eigenvalue weighted by Gasteiger charge is 2.31. The van der Waals surface area contributed by atoms with Crippen molar-refractivity contribution < 1.29 is 22.7 Å². The molecular weight excluding hydrogens is 392 g/mol. The summed E-state index contributed by atoms with van der Waals surface area (Å²) in [6.07, 6.45) is 0.986. The van der Waals surface area contributed by atoms with Gasteiger partial charge in [0.1, 0.15) is 0 Å². The Morgan fingerprint density at radius 2 is 1.69 bits per heavy atom. The third-order valence-corrected chi connectivity index (χ3v) is 6.91. The summed E-state index contributed by atoms with van der Waals surface area (Å²) in [7, 11) is -0.302. The van der Waals surface area contributed by atoms with E-state index in [0.717, 1.165) is 5.56 Å². The monoisotopic (exact) mass is 418 g/mol. The van der Waals surface area contributed by atoms with E-state index in [1.54, 1.807) is 37.4 Å². The number of carbonyl (C=O) groups is 1. The number of piperidine rings is 1. The molecule has 1 aliphatic heterocycles. The fraction of sp³-hybridized carbons (Fsp3) is 0.381. The van der Waals surface area contributed by atoms with Gasteiger partial charge in [0, 0.05) is 30.8 Å². The lowest BCUT2D eigenvalue weighted by atomic mass is 9.97. The van der Waals surface area contributed by atoms with E-state index in [4.69, 9.17) is 9.47 Å². The first-order valence-electron chi connectivity index (χ1n) is 9.47. The zero-order chi connectivity index (χ0) is 20.9. The summed E-state index contributed by atoms with van der Waals surface area (Å²) in [5.74, 6) is 0.759. The van der Waals surface area contributed by atoms with Crippen LogP contribution in [0, 0.1) is 5.92 Å². The number of hydrogen-bond acceptors (Lipinski definition) is 5. The summed E-state index contributed by atoms with van der Waals surface area (Å²) in [5.41, 5.74) is 1.38. The lowest BCUT2D eigenvalue weighted by Gasteiger charge is -2.30. The number of ether oxygens (including phenoxy) is 2. The van der Waals surface area contributed by atoms with Crippen molar-refractivity contribution in [2.75, 3.05) is 32.6 Å². The van der Waals surface area contributed by atoms with Crippen LogP contribution in [0.3, 0.4) is 0 Å². The maximum atomic E-state index is 12.7. The molecule has 3 rings (SSSR count). The van der Waals surface area contributed by atoms with Crippen molar-refractivity contribution in [2.45, 2.75) is 18.6 Å². The summed E-state index contributed by atoms with van der Waals surface area (Å²) in [6.45, 7) is 0.693. The molecule has 0 aromatic heterocycles. The van der Waals surface area contributed by atoms with E-state index in [1.807, 2.05) is 18.2 Å². The third kappa shape index (κ3) is 5.27. The van der Waals surface area contributed by atoms with Gasteiger partial charge in [0.25, 0.3) is 0 Å². The number of hydrogen-bond donors (Lipinski definition) is 1. The second-order valence-electron chi connectivity index (χ2n) is 6.97. The molecule has 7 nitrogen and oxygen atoms in total. The Morgan fingerprint density at radius 3 is 2.31 bits per heavy atom. The first-order valence-corrected chi connectivity index (χ1v) is 11.1. The molecule has 0 aliphatic carbocycles. The number of methoxy groups -OCH3 is 2. The van der Waals surface area contributed by atoms with Crippen LogP contribution >= 0.6 is 0 Å². The van der Waals surface area contributed by atoms with Crippen LogP contribution in [-0.4, -0.2) is 45.9 Å². The molecule has 0 spiro atoms. The van der Waals surface area contributed by atoms with Gasteiger partial charge in [-0.15, -0.1) is 0 Å². The molecule has 8 heteroatoms. The van der Waals surface area contributed by atoms with Crippen molar-refractivity contribution in [3.05, 3.63) is 54.1 Å². The molecule has 0 saturated carbocycles. The quantitative estimate of drug-likeness (QED) is 0.747. The first-order chi connectivity index (χ1) is 13.9. The number of anilines is 1. The number of carbonyl (C=O) groups excluding carboxylic acids is 1. The predicted molar refractivity (Wildman–Crippen MR) is 112 cm³/mol. The summed E-state index contributed by atoms with van der Waals surface area (Å²) < 4.78 is 37.2. The van der Waals surface area contributed by atoms with Crippen molar-refractivity contribution in [3.8, 4) is 11.5 Å². The number of benzene rings is 2. The first kappa shape index (κ1) is 21.1. The van der Waals surface area contributed by atoms with Gasteiger partial charge in [-0.05, 0) is 30.5 Å². The van der Waals surface area contributed by atoms with E-state index in [0.29, 0.717) is 43.1 Å².